The molecule has 1 aromatic carbocycles. The summed E-state index contributed by atoms with van der Waals surface area (Å²) in [6.07, 6.45) is 2.38. The SMILES string of the molecule is CCOC(CC)(CC)C(N)Cc1cc(F)ccc1C. The molecule has 0 amide bonds. The summed E-state index contributed by atoms with van der Waals surface area (Å²) in [5.74, 6) is -0.206. The molecule has 1 rings (SSSR count). The fraction of sp³-hybridized carbons (Fsp3) is 0.625. The van der Waals surface area contributed by atoms with Gasteiger partial charge in [-0.25, -0.2) is 4.39 Å². The molecule has 1 atom stereocenters. The van der Waals surface area contributed by atoms with Gasteiger partial charge in [-0.2, -0.15) is 0 Å². The van der Waals surface area contributed by atoms with Gasteiger partial charge < -0.3 is 10.5 Å². The standard InChI is InChI=1S/C16H26FNO/c1-5-16(6-2,19-7-3)15(18)11-13-10-14(17)9-8-12(13)4/h8-10,15H,5-7,11,18H2,1-4H3. The Balaban J connectivity index is 2.92. The summed E-state index contributed by atoms with van der Waals surface area (Å²) in [7, 11) is 0. The van der Waals surface area contributed by atoms with Gasteiger partial charge in [0.2, 0.25) is 0 Å². The maximum atomic E-state index is 13.3. The Morgan fingerprint density at radius 2 is 1.89 bits per heavy atom. The lowest BCUT2D eigenvalue weighted by molar-refractivity contribution is -0.0633. The molecule has 0 heterocycles. The molecule has 0 radical (unpaired) electrons. The molecule has 0 aliphatic carbocycles. The minimum atomic E-state index is -0.312. The third-order valence-electron chi connectivity index (χ3n) is 4.06. The van der Waals surface area contributed by atoms with E-state index in [2.05, 4.69) is 13.8 Å². The van der Waals surface area contributed by atoms with Gasteiger partial charge in [0.1, 0.15) is 5.82 Å². The maximum Gasteiger partial charge on any atom is 0.123 e. The van der Waals surface area contributed by atoms with E-state index >= 15 is 0 Å². The van der Waals surface area contributed by atoms with Crippen LogP contribution < -0.4 is 5.73 Å². The smallest absolute Gasteiger partial charge is 0.123 e. The number of ether oxygens (including phenoxy) is 1. The van der Waals surface area contributed by atoms with E-state index in [1.807, 2.05) is 13.8 Å². The minimum absolute atomic E-state index is 0.122. The minimum Gasteiger partial charge on any atom is -0.374 e. The van der Waals surface area contributed by atoms with Gasteiger partial charge in [-0.15, -0.1) is 0 Å². The van der Waals surface area contributed by atoms with E-state index in [1.54, 1.807) is 12.1 Å². The van der Waals surface area contributed by atoms with Crippen LogP contribution in [-0.4, -0.2) is 18.2 Å². The van der Waals surface area contributed by atoms with Crippen molar-refractivity contribution >= 4 is 0 Å². The first-order valence-electron chi connectivity index (χ1n) is 7.13. The largest absolute Gasteiger partial charge is 0.374 e. The Labute approximate surface area is 116 Å². The van der Waals surface area contributed by atoms with E-state index in [4.69, 9.17) is 10.5 Å². The first kappa shape index (κ1) is 16.1. The number of benzene rings is 1. The molecule has 1 aromatic rings. The second-order valence-corrected chi connectivity index (χ2v) is 5.09. The zero-order valence-corrected chi connectivity index (χ0v) is 12.5. The predicted octanol–water partition coefficient (Wildman–Crippen LogP) is 3.60. The van der Waals surface area contributed by atoms with Gasteiger partial charge in [-0.05, 0) is 56.4 Å². The second kappa shape index (κ2) is 7.01. The average Bonchev–Trinajstić information content (AvgIpc) is 2.40. The second-order valence-electron chi connectivity index (χ2n) is 5.09. The average molecular weight is 267 g/mol. The van der Waals surface area contributed by atoms with Crippen molar-refractivity contribution in [2.24, 2.45) is 5.73 Å². The van der Waals surface area contributed by atoms with Gasteiger partial charge in [-0.3, -0.25) is 0 Å². The van der Waals surface area contributed by atoms with Gasteiger partial charge >= 0.3 is 0 Å². The summed E-state index contributed by atoms with van der Waals surface area (Å²) < 4.78 is 19.2. The molecule has 0 aliphatic rings. The number of nitrogens with two attached hydrogens (primary N) is 1. The molecule has 0 aliphatic heterocycles. The molecule has 108 valence electrons. The van der Waals surface area contributed by atoms with Crippen LogP contribution in [0.1, 0.15) is 44.7 Å². The summed E-state index contributed by atoms with van der Waals surface area (Å²) in [5, 5.41) is 0. The van der Waals surface area contributed by atoms with Gasteiger partial charge in [0, 0.05) is 12.6 Å². The molecule has 1 unspecified atom stereocenters. The van der Waals surface area contributed by atoms with Gasteiger partial charge in [0.25, 0.3) is 0 Å². The van der Waals surface area contributed by atoms with Crippen LogP contribution in [0.15, 0.2) is 18.2 Å². The fourth-order valence-electron chi connectivity index (χ4n) is 2.66. The molecule has 0 saturated heterocycles. The quantitative estimate of drug-likeness (QED) is 0.819. The van der Waals surface area contributed by atoms with Crippen molar-refractivity contribution in [2.45, 2.75) is 58.6 Å². The number of hydrogen-bond donors (Lipinski definition) is 1. The van der Waals surface area contributed by atoms with Crippen LogP contribution in [0.4, 0.5) is 4.39 Å². The molecule has 3 heteroatoms. The first-order chi connectivity index (χ1) is 8.99. The molecule has 0 spiro atoms. The zero-order chi connectivity index (χ0) is 14.5. The van der Waals surface area contributed by atoms with Gasteiger partial charge in [0.05, 0.1) is 5.60 Å². The fourth-order valence-corrected chi connectivity index (χ4v) is 2.66. The third-order valence-corrected chi connectivity index (χ3v) is 4.06. The van der Waals surface area contributed by atoms with Crippen LogP contribution in [-0.2, 0) is 11.2 Å². The van der Waals surface area contributed by atoms with Crippen molar-refractivity contribution in [1.82, 2.24) is 0 Å². The van der Waals surface area contributed by atoms with E-state index < -0.39 is 0 Å². The Bertz CT molecular complexity index is 402. The Morgan fingerprint density at radius 3 is 2.42 bits per heavy atom. The van der Waals surface area contributed by atoms with Crippen molar-refractivity contribution in [3.8, 4) is 0 Å². The maximum absolute atomic E-state index is 13.3. The summed E-state index contributed by atoms with van der Waals surface area (Å²) in [5.41, 5.74) is 8.10. The summed E-state index contributed by atoms with van der Waals surface area (Å²) >= 11 is 0. The van der Waals surface area contributed by atoms with Crippen molar-refractivity contribution in [3.63, 3.8) is 0 Å². The summed E-state index contributed by atoms with van der Waals surface area (Å²) in [6, 6.07) is 4.75. The molecule has 0 bridgehead atoms. The van der Waals surface area contributed by atoms with Crippen LogP contribution in [0.3, 0.4) is 0 Å². The first-order valence-corrected chi connectivity index (χ1v) is 7.13. The van der Waals surface area contributed by atoms with Crippen LogP contribution in [0.25, 0.3) is 0 Å². The van der Waals surface area contributed by atoms with Crippen molar-refractivity contribution in [2.75, 3.05) is 6.61 Å². The van der Waals surface area contributed by atoms with E-state index in [-0.39, 0.29) is 17.5 Å². The number of hydrogen-bond acceptors (Lipinski definition) is 2. The third kappa shape index (κ3) is 3.77. The lowest BCUT2D eigenvalue weighted by Gasteiger charge is -2.37. The van der Waals surface area contributed by atoms with E-state index in [9.17, 15) is 4.39 Å². The van der Waals surface area contributed by atoms with Crippen molar-refractivity contribution in [3.05, 3.63) is 35.1 Å². The van der Waals surface area contributed by atoms with Gasteiger partial charge in [-0.1, -0.05) is 19.9 Å². The summed E-state index contributed by atoms with van der Waals surface area (Å²) in [4.78, 5) is 0. The lowest BCUT2D eigenvalue weighted by atomic mass is 9.84. The van der Waals surface area contributed by atoms with Crippen LogP contribution in [0.2, 0.25) is 0 Å². The van der Waals surface area contributed by atoms with Crippen LogP contribution in [0.5, 0.6) is 0 Å². The lowest BCUT2D eigenvalue weighted by Crippen LogP contribution is -2.50. The highest BCUT2D eigenvalue weighted by molar-refractivity contribution is 5.27. The Kier molecular flexibility index (Phi) is 5.95. The molecule has 0 saturated carbocycles. The molecular weight excluding hydrogens is 241 g/mol. The molecule has 0 aromatic heterocycles. The number of aryl methyl sites for hydroxylation is 1. The van der Waals surface area contributed by atoms with E-state index in [0.717, 1.165) is 24.0 Å². The highest BCUT2D eigenvalue weighted by atomic mass is 19.1. The predicted molar refractivity (Wildman–Crippen MR) is 77.8 cm³/mol. The van der Waals surface area contributed by atoms with Gasteiger partial charge in [0.15, 0.2) is 0 Å². The highest BCUT2D eigenvalue weighted by Crippen LogP contribution is 2.27. The monoisotopic (exact) mass is 267 g/mol. The molecular formula is C16H26FNO. The number of halogens is 1. The molecule has 2 N–H and O–H groups in total. The molecule has 2 nitrogen and oxygen atoms in total. The Morgan fingerprint density at radius 1 is 1.26 bits per heavy atom. The van der Waals surface area contributed by atoms with Crippen LogP contribution in [0, 0.1) is 12.7 Å². The normalized spacial score (nSPS) is 13.6. The zero-order valence-electron chi connectivity index (χ0n) is 12.5. The van der Waals surface area contributed by atoms with E-state index in [1.165, 1.54) is 6.07 Å². The summed E-state index contributed by atoms with van der Waals surface area (Å²) in [6.45, 7) is 8.81. The molecule has 0 fully saturated rings. The topological polar surface area (TPSA) is 35.2 Å². The Hall–Kier alpha value is -0.930. The number of rotatable bonds is 7. The van der Waals surface area contributed by atoms with E-state index in [0.29, 0.717) is 13.0 Å². The van der Waals surface area contributed by atoms with Crippen LogP contribution >= 0.6 is 0 Å². The molecule has 19 heavy (non-hydrogen) atoms. The van der Waals surface area contributed by atoms with Crippen molar-refractivity contribution in [1.29, 1.82) is 0 Å². The highest BCUT2D eigenvalue weighted by Gasteiger charge is 2.34. The van der Waals surface area contributed by atoms with Crippen molar-refractivity contribution < 1.29 is 9.13 Å².